The van der Waals surface area contributed by atoms with E-state index in [2.05, 4.69) is 20.5 Å². The molecule has 0 fully saturated rings. The Morgan fingerprint density at radius 1 is 1.20 bits per heavy atom. The van der Waals surface area contributed by atoms with Crippen molar-refractivity contribution in [3.05, 3.63) is 58.4 Å². The maximum absolute atomic E-state index is 12.6. The van der Waals surface area contributed by atoms with Gasteiger partial charge in [-0.1, -0.05) is 17.4 Å². The average molecular weight is 433 g/mol. The number of anilines is 1. The predicted octanol–water partition coefficient (Wildman–Crippen LogP) is 3.62. The van der Waals surface area contributed by atoms with Crippen molar-refractivity contribution in [3.63, 3.8) is 0 Å². The van der Waals surface area contributed by atoms with Crippen LogP contribution in [-0.4, -0.2) is 27.1 Å². The number of nitrogens with two attached hydrogens (primary N) is 1. The Morgan fingerprint density at radius 2 is 2.03 bits per heavy atom. The van der Waals surface area contributed by atoms with Gasteiger partial charge in [-0.2, -0.15) is 13.2 Å². The number of aromatic nitrogens is 3. The summed E-state index contributed by atoms with van der Waals surface area (Å²) in [5.41, 5.74) is 8.58. The molecule has 4 rings (SSSR count). The highest BCUT2D eigenvalue weighted by atomic mass is 32.1. The van der Waals surface area contributed by atoms with Crippen LogP contribution in [0.2, 0.25) is 0 Å². The molecular weight excluding hydrogens is 415 g/mol. The fraction of sp³-hybridized carbons (Fsp3) is 0.300. The summed E-state index contributed by atoms with van der Waals surface area (Å²) in [6.07, 6.45) is -1.18. The van der Waals surface area contributed by atoms with Crippen molar-refractivity contribution in [2.75, 3.05) is 5.32 Å². The van der Waals surface area contributed by atoms with Crippen LogP contribution in [0.25, 0.3) is 10.6 Å². The number of benzene rings is 1. The second-order valence-corrected chi connectivity index (χ2v) is 8.21. The third-order valence-corrected chi connectivity index (χ3v) is 5.82. The van der Waals surface area contributed by atoms with Gasteiger partial charge in [-0.25, -0.2) is 0 Å². The molecule has 30 heavy (non-hydrogen) atoms. The van der Waals surface area contributed by atoms with E-state index < -0.39 is 11.9 Å². The highest BCUT2D eigenvalue weighted by Crippen LogP contribution is 2.31. The molecule has 0 aliphatic carbocycles. The molecule has 0 radical (unpaired) electrons. The Balaban J connectivity index is 1.33. The standard InChI is InChI=1S/C20H18F3N5OS/c21-20(22,23)16-5-1-11(10-25-16)7-14(24)3-6-18-27-28-19(30-18)12-2-4-15-13(8-12)9-17(29)26-15/h1-2,4-5,8,10,14H,3,6-7,9,24H2,(H,26,29). The zero-order valence-corrected chi connectivity index (χ0v) is 16.6. The zero-order valence-electron chi connectivity index (χ0n) is 15.7. The first-order valence-electron chi connectivity index (χ1n) is 9.31. The molecule has 3 aromatic rings. The molecule has 0 saturated heterocycles. The SMILES string of the molecule is NC(CCc1nnc(-c2ccc3c(c2)CC(=O)N3)s1)Cc1ccc(C(F)(F)F)nc1. The first kappa shape index (κ1) is 20.4. The summed E-state index contributed by atoms with van der Waals surface area (Å²) in [4.78, 5) is 15.0. The molecular formula is C20H18F3N5OS. The van der Waals surface area contributed by atoms with Gasteiger partial charge in [0.05, 0.1) is 6.42 Å². The molecule has 3 heterocycles. The van der Waals surface area contributed by atoms with Crippen molar-refractivity contribution in [2.24, 2.45) is 5.73 Å². The predicted molar refractivity (Wildman–Crippen MR) is 107 cm³/mol. The molecule has 2 aromatic heterocycles. The Kier molecular flexibility index (Phi) is 5.52. The summed E-state index contributed by atoms with van der Waals surface area (Å²) in [5, 5.41) is 12.8. The Morgan fingerprint density at radius 3 is 2.77 bits per heavy atom. The summed E-state index contributed by atoms with van der Waals surface area (Å²) < 4.78 is 37.7. The fourth-order valence-electron chi connectivity index (χ4n) is 3.26. The number of hydrogen-bond donors (Lipinski definition) is 2. The van der Waals surface area contributed by atoms with E-state index in [4.69, 9.17) is 5.73 Å². The van der Waals surface area contributed by atoms with Crippen LogP contribution in [0, 0.1) is 0 Å². The van der Waals surface area contributed by atoms with E-state index in [-0.39, 0.29) is 11.9 Å². The first-order chi connectivity index (χ1) is 14.3. The van der Waals surface area contributed by atoms with E-state index >= 15 is 0 Å². The Hall–Kier alpha value is -2.85. The number of rotatable bonds is 6. The quantitative estimate of drug-likeness (QED) is 0.619. The number of alkyl halides is 3. The molecule has 1 aliphatic rings. The van der Waals surface area contributed by atoms with E-state index in [0.717, 1.165) is 32.9 Å². The first-order valence-corrected chi connectivity index (χ1v) is 10.1. The summed E-state index contributed by atoms with van der Waals surface area (Å²) in [7, 11) is 0. The Bertz CT molecular complexity index is 1070. The highest BCUT2D eigenvalue weighted by Gasteiger charge is 2.32. The minimum Gasteiger partial charge on any atom is -0.327 e. The van der Waals surface area contributed by atoms with E-state index in [1.54, 1.807) is 0 Å². The van der Waals surface area contributed by atoms with Crippen LogP contribution in [0.5, 0.6) is 0 Å². The molecule has 6 nitrogen and oxygen atoms in total. The van der Waals surface area contributed by atoms with Crippen LogP contribution in [0.3, 0.4) is 0 Å². The zero-order chi connectivity index (χ0) is 21.3. The van der Waals surface area contributed by atoms with Crippen molar-refractivity contribution >= 4 is 22.9 Å². The average Bonchev–Trinajstić information content (AvgIpc) is 3.31. The molecule has 0 saturated carbocycles. The normalized spacial score (nSPS) is 14.5. The third kappa shape index (κ3) is 4.65. The van der Waals surface area contributed by atoms with Crippen LogP contribution in [0.15, 0.2) is 36.5 Å². The number of fused-ring (bicyclic) bond motifs is 1. The molecule has 1 atom stereocenters. The summed E-state index contributed by atoms with van der Waals surface area (Å²) in [6, 6.07) is 7.86. The van der Waals surface area contributed by atoms with Gasteiger partial charge in [0.1, 0.15) is 15.7 Å². The molecule has 1 aromatic carbocycles. The van der Waals surface area contributed by atoms with E-state index in [1.807, 2.05) is 18.2 Å². The van der Waals surface area contributed by atoms with Gasteiger partial charge in [-0.3, -0.25) is 9.78 Å². The second-order valence-electron chi connectivity index (χ2n) is 7.15. The minimum absolute atomic E-state index is 0.0164. The molecule has 156 valence electrons. The van der Waals surface area contributed by atoms with Crippen molar-refractivity contribution in [1.82, 2.24) is 15.2 Å². The minimum atomic E-state index is -4.44. The Labute approximate surface area is 174 Å². The van der Waals surface area contributed by atoms with Crippen LogP contribution in [0.1, 0.15) is 28.2 Å². The topological polar surface area (TPSA) is 93.8 Å². The number of halogens is 3. The summed E-state index contributed by atoms with van der Waals surface area (Å²) in [5.74, 6) is -0.0164. The van der Waals surface area contributed by atoms with Crippen LogP contribution >= 0.6 is 11.3 Å². The number of pyridine rings is 1. The largest absolute Gasteiger partial charge is 0.433 e. The van der Waals surface area contributed by atoms with Crippen molar-refractivity contribution in [2.45, 2.75) is 37.9 Å². The molecule has 3 N–H and O–H groups in total. The third-order valence-electron chi connectivity index (χ3n) is 4.79. The molecule has 0 spiro atoms. The van der Waals surface area contributed by atoms with Gasteiger partial charge in [0, 0.05) is 29.9 Å². The maximum atomic E-state index is 12.6. The number of nitrogens with one attached hydrogen (secondary N) is 1. The van der Waals surface area contributed by atoms with Gasteiger partial charge in [0.2, 0.25) is 5.91 Å². The van der Waals surface area contributed by atoms with E-state index in [1.165, 1.54) is 23.6 Å². The van der Waals surface area contributed by atoms with E-state index in [0.29, 0.717) is 31.2 Å². The van der Waals surface area contributed by atoms with Gasteiger partial charge in [-0.05, 0) is 48.2 Å². The van der Waals surface area contributed by atoms with Crippen LogP contribution in [-0.2, 0) is 30.2 Å². The van der Waals surface area contributed by atoms with E-state index in [9.17, 15) is 18.0 Å². The number of aryl methyl sites for hydroxylation is 1. The lowest BCUT2D eigenvalue weighted by Crippen LogP contribution is -2.23. The molecule has 0 bridgehead atoms. The fourth-order valence-corrected chi connectivity index (χ4v) is 4.11. The van der Waals surface area contributed by atoms with Gasteiger partial charge >= 0.3 is 6.18 Å². The smallest absolute Gasteiger partial charge is 0.327 e. The number of hydrogen-bond acceptors (Lipinski definition) is 6. The molecule has 1 aliphatic heterocycles. The van der Waals surface area contributed by atoms with Crippen molar-refractivity contribution in [3.8, 4) is 10.6 Å². The lowest BCUT2D eigenvalue weighted by molar-refractivity contribution is -0.141. The molecule has 1 amide bonds. The van der Waals surface area contributed by atoms with Crippen molar-refractivity contribution in [1.29, 1.82) is 0 Å². The molecule has 1 unspecified atom stereocenters. The van der Waals surface area contributed by atoms with Gasteiger partial charge in [0.15, 0.2) is 0 Å². The number of carbonyl (C=O) groups excluding carboxylic acids is 1. The van der Waals surface area contributed by atoms with Gasteiger partial charge < -0.3 is 11.1 Å². The lowest BCUT2D eigenvalue weighted by Gasteiger charge is -2.11. The lowest BCUT2D eigenvalue weighted by atomic mass is 10.0. The highest BCUT2D eigenvalue weighted by molar-refractivity contribution is 7.14. The van der Waals surface area contributed by atoms with Crippen LogP contribution < -0.4 is 11.1 Å². The second kappa shape index (κ2) is 8.11. The molecule has 10 heteroatoms. The number of carbonyl (C=O) groups is 1. The van der Waals surface area contributed by atoms with Gasteiger partial charge in [-0.15, -0.1) is 10.2 Å². The van der Waals surface area contributed by atoms with Gasteiger partial charge in [0.25, 0.3) is 0 Å². The number of nitrogens with zero attached hydrogens (tertiary/aromatic N) is 3. The van der Waals surface area contributed by atoms with Crippen molar-refractivity contribution < 1.29 is 18.0 Å². The maximum Gasteiger partial charge on any atom is 0.433 e. The summed E-state index contributed by atoms with van der Waals surface area (Å²) in [6.45, 7) is 0. The number of amides is 1. The monoisotopic (exact) mass is 433 g/mol. The van der Waals surface area contributed by atoms with Crippen LogP contribution in [0.4, 0.5) is 18.9 Å². The summed E-state index contributed by atoms with van der Waals surface area (Å²) >= 11 is 1.46.